The van der Waals surface area contributed by atoms with E-state index in [0.29, 0.717) is 0 Å². The second-order valence-electron chi connectivity index (χ2n) is 3.69. The van der Waals surface area contributed by atoms with E-state index in [1.54, 1.807) is 0 Å². The van der Waals surface area contributed by atoms with Crippen LogP contribution < -0.4 is 0 Å². The highest BCUT2D eigenvalue weighted by molar-refractivity contribution is 5.86. The first-order chi connectivity index (χ1) is 8.27. The third-order valence-electron chi connectivity index (χ3n) is 1.93. The molecular weight excluding hydrogens is 256 g/mol. The zero-order valence-corrected chi connectivity index (χ0v) is 10.1. The summed E-state index contributed by atoms with van der Waals surface area (Å²) in [7, 11) is 0. The molecule has 0 heterocycles. The van der Waals surface area contributed by atoms with Crippen molar-refractivity contribution in [3.05, 3.63) is 12.2 Å². The number of esters is 1. The maximum absolute atomic E-state index is 12.4. The van der Waals surface area contributed by atoms with Gasteiger partial charge in [-0.05, 0) is 13.3 Å². The fraction of sp³-hybridized carbons (Fsp3) is 0.727. The largest absolute Gasteiger partial charge is 0.460 e. The molecule has 0 aromatic carbocycles. The Kier molecular flexibility index (Phi) is 7.58. The Morgan fingerprint density at radius 1 is 1.28 bits per heavy atom. The van der Waals surface area contributed by atoms with Crippen LogP contribution in [-0.2, 0) is 14.3 Å². The Labute approximate surface area is 103 Å². The molecule has 0 fully saturated rings. The minimum Gasteiger partial charge on any atom is -0.460 e. The molecular formula is C11H16F4O3. The molecule has 0 unspecified atom stereocenters. The lowest BCUT2D eigenvalue weighted by Crippen LogP contribution is -2.26. The zero-order chi connectivity index (χ0) is 14.2. The Morgan fingerprint density at radius 3 is 2.39 bits per heavy atom. The van der Waals surface area contributed by atoms with E-state index in [9.17, 15) is 22.4 Å². The van der Waals surface area contributed by atoms with Crippen molar-refractivity contribution in [3.63, 3.8) is 0 Å². The van der Waals surface area contributed by atoms with Gasteiger partial charge in [0.25, 0.3) is 0 Å². The Bertz CT molecular complexity index is 279. The number of rotatable bonds is 9. The summed E-state index contributed by atoms with van der Waals surface area (Å²) in [6, 6.07) is 0. The van der Waals surface area contributed by atoms with Crippen LogP contribution in [0.2, 0.25) is 0 Å². The SMILES string of the molecule is C=C(C)C(=O)OCCOCCCC(F)(F)C(F)F. The van der Waals surface area contributed by atoms with E-state index in [4.69, 9.17) is 4.74 Å². The summed E-state index contributed by atoms with van der Waals surface area (Å²) in [6.07, 6.45) is -4.78. The highest BCUT2D eigenvalue weighted by atomic mass is 19.3. The van der Waals surface area contributed by atoms with E-state index in [1.165, 1.54) is 6.92 Å². The lowest BCUT2D eigenvalue weighted by Gasteiger charge is -2.14. The molecule has 0 atom stereocenters. The second-order valence-corrected chi connectivity index (χ2v) is 3.69. The number of halogens is 4. The van der Waals surface area contributed by atoms with E-state index < -0.39 is 24.7 Å². The molecule has 0 aliphatic carbocycles. The van der Waals surface area contributed by atoms with E-state index >= 15 is 0 Å². The van der Waals surface area contributed by atoms with Crippen LogP contribution in [0, 0.1) is 0 Å². The fourth-order valence-electron chi connectivity index (χ4n) is 0.938. The van der Waals surface area contributed by atoms with Crippen molar-refractivity contribution in [1.29, 1.82) is 0 Å². The Balaban J connectivity index is 3.47. The molecule has 3 nitrogen and oxygen atoms in total. The van der Waals surface area contributed by atoms with E-state index in [-0.39, 0.29) is 31.8 Å². The van der Waals surface area contributed by atoms with Crippen LogP contribution in [0.1, 0.15) is 19.8 Å². The van der Waals surface area contributed by atoms with Crippen LogP contribution in [0.5, 0.6) is 0 Å². The third-order valence-corrected chi connectivity index (χ3v) is 1.93. The first kappa shape index (κ1) is 16.9. The fourth-order valence-corrected chi connectivity index (χ4v) is 0.938. The van der Waals surface area contributed by atoms with Gasteiger partial charge in [-0.15, -0.1) is 0 Å². The molecule has 0 radical (unpaired) electrons. The van der Waals surface area contributed by atoms with Crippen molar-refractivity contribution in [2.45, 2.75) is 32.1 Å². The van der Waals surface area contributed by atoms with Crippen molar-refractivity contribution < 1.29 is 31.8 Å². The van der Waals surface area contributed by atoms with Gasteiger partial charge in [0.15, 0.2) is 0 Å². The summed E-state index contributed by atoms with van der Waals surface area (Å²) in [5.74, 6) is -4.54. The van der Waals surface area contributed by atoms with Gasteiger partial charge in [-0.2, -0.15) is 0 Å². The van der Waals surface area contributed by atoms with Crippen LogP contribution in [0.4, 0.5) is 17.6 Å². The monoisotopic (exact) mass is 272 g/mol. The number of carbonyl (C=O) groups excluding carboxylic acids is 1. The van der Waals surface area contributed by atoms with Gasteiger partial charge in [-0.3, -0.25) is 0 Å². The lowest BCUT2D eigenvalue weighted by atomic mass is 10.2. The van der Waals surface area contributed by atoms with Gasteiger partial charge >= 0.3 is 18.3 Å². The second kappa shape index (κ2) is 8.07. The zero-order valence-electron chi connectivity index (χ0n) is 10.1. The van der Waals surface area contributed by atoms with Gasteiger partial charge in [-0.25, -0.2) is 22.4 Å². The smallest absolute Gasteiger partial charge is 0.333 e. The van der Waals surface area contributed by atoms with E-state index in [2.05, 4.69) is 11.3 Å². The van der Waals surface area contributed by atoms with Crippen molar-refractivity contribution >= 4 is 5.97 Å². The molecule has 0 aliphatic heterocycles. The molecule has 0 bridgehead atoms. The molecule has 0 spiro atoms. The maximum Gasteiger partial charge on any atom is 0.333 e. The lowest BCUT2D eigenvalue weighted by molar-refractivity contribution is -0.141. The summed E-state index contributed by atoms with van der Waals surface area (Å²) in [6.45, 7) is 4.74. The molecule has 18 heavy (non-hydrogen) atoms. The predicted octanol–water partition coefficient (Wildman–Crippen LogP) is 2.80. The highest BCUT2D eigenvalue weighted by Gasteiger charge is 2.39. The minimum atomic E-state index is -3.98. The van der Waals surface area contributed by atoms with Crippen molar-refractivity contribution in [2.75, 3.05) is 19.8 Å². The molecule has 0 saturated heterocycles. The first-order valence-corrected chi connectivity index (χ1v) is 5.33. The van der Waals surface area contributed by atoms with E-state index in [1.807, 2.05) is 0 Å². The Morgan fingerprint density at radius 2 is 1.89 bits per heavy atom. The normalized spacial score (nSPS) is 11.7. The molecule has 0 aromatic heterocycles. The average molecular weight is 272 g/mol. The van der Waals surface area contributed by atoms with Crippen molar-refractivity contribution in [1.82, 2.24) is 0 Å². The summed E-state index contributed by atoms with van der Waals surface area (Å²) in [5.41, 5.74) is 0.242. The topological polar surface area (TPSA) is 35.5 Å². The summed E-state index contributed by atoms with van der Waals surface area (Å²) in [5, 5.41) is 0. The number of hydrogen-bond donors (Lipinski definition) is 0. The molecule has 0 aromatic rings. The molecule has 0 saturated carbocycles. The third kappa shape index (κ3) is 7.26. The van der Waals surface area contributed by atoms with Gasteiger partial charge in [0.05, 0.1) is 6.61 Å². The molecule has 7 heteroatoms. The van der Waals surface area contributed by atoms with Crippen LogP contribution in [-0.4, -0.2) is 38.1 Å². The average Bonchev–Trinajstić information content (AvgIpc) is 2.26. The molecule has 0 rings (SSSR count). The molecule has 0 amide bonds. The number of alkyl halides is 4. The van der Waals surface area contributed by atoms with Gasteiger partial charge in [0.1, 0.15) is 6.61 Å². The van der Waals surface area contributed by atoms with Crippen molar-refractivity contribution in [2.24, 2.45) is 0 Å². The molecule has 0 aliphatic rings. The van der Waals surface area contributed by atoms with Crippen LogP contribution in [0.25, 0.3) is 0 Å². The molecule has 106 valence electrons. The highest BCUT2D eigenvalue weighted by Crippen LogP contribution is 2.27. The number of ether oxygens (including phenoxy) is 2. The van der Waals surface area contributed by atoms with Gasteiger partial charge in [0, 0.05) is 18.6 Å². The van der Waals surface area contributed by atoms with Gasteiger partial charge in [0.2, 0.25) is 0 Å². The maximum atomic E-state index is 12.4. The minimum absolute atomic E-state index is 0.0271. The number of carbonyl (C=O) groups is 1. The number of hydrogen-bond acceptors (Lipinski definition) is 3. The summed E-state index contributed by atoms with van der Waals surface area (Å²) < 4.78 is 57.9. The first-order valence-electron chi connectivity index (χ1n) is 5.33. The summed E-state index contributed by atoms with van der Waals surface area (Å²) >= 11 is 0. The Hall–Kier alpha value is -1.11. The van der Waals surface area contributed by atoms with Crippen LogP contribution in [0.3, 0.4) is 0 Å². The summed E-state index contributed by atoms with van der Waals surface area (Å²) in [4.78, 5) is 10.9. The quantitative estimate of drug-likeness (QED) is 0.280. The van der Waals surface area contributed by atoms with Crippen LogP contribution in [0.15, 0.2) is 12.2 Å². The van der Waals surface area contributed by atoms with Gasteiger partial charge < -0.3 is 9.47 Å². The molecule has 0 N–H and O–H groups in total. The standard InChI is InChI=1S/C11H16F4O3/c1-8(2)9(16)18-7-6-17-5-3-4-11(14,15)10(12)13/h10H,1,3-7H2,2H3. The van der Waals surface area contributed by atoms with E-state index in [0.717, 1.165) is 0 Å². The van der Waals surface area contributed by atoms with Crippen molar-refractivity contribution in [3.8, 4) is 0 Å². The predicted molar refractivity (Wildman–Crippen MR) is 56.8 cm³/mol. The van der Waals surface area contributed by atoms with Gasteiger partial charge in [-0.1, -0.05) is 6.58 Å². The van der Waals surface area contributed by atoms with Crippen LogP contribution >= 0.6 is 0 Å².